The molecule has 3 heteroatoms. The highest BCUT2D eigenvalue weighted by molar-refractivity contribution is 5.60. The Kier molecular flexibility index (Phi) is 4.20. The molecule has 0 saturated heterocycles. The first-order valence-electron chi connectivity index (χ1n) is 7.80. The molecule has 21 heavy (non-hydrogen) atoms. The van der Waals surface area contributed by atoms with Gasteiger partial charge >= 0.3 is 0 Å². The van der Waals surface area contributed by atoms with E-state index in [1.165, 1.54) is 24.1 Å². The second-order valence-corrected chi connectivity index (χ2v) is 5.72. The third-order valence-corrected chi connectivity index (χ3v) is 3.88. The predicted octanol–water partition coefficient (Wildman–Crippen LogP) is 3.80. The van der Waals surface area contributed by atoms with Gasteiger partial charge in [0.2, 0.25) is 0 Å². The molecule has 1 aromatic carbocycles. The molecule has 3 nitrogen and oxygen atoms in total. The fraction of sp³-hybridized carbons (Fsp3) is 0.389. The number of pyridine rings is 1. The van der Waals surface area contributed by atoms with Gasteiger partial charge < -0.3 is 10.2 Å². The fourth-order valence-corrected chi connectivity index (χ4v) is 2.45. The Labute approximate surface area is 127 Å². The second-order valence-electron chi connectivity index (χ2n) is 5.72. The summed E-state index contributed by atoms with van der Waals surface area (Å²) in [5, 5.41) is 3.52. The number of hydrogen-bond donors (Lipinski definition) is 1. The van der Waals surface area contributed by atoms with E-state index in [4.69, 9.17) is 4.98 Å². The van der Waals surface area contributed by atoms with Gasteiger partial charge in [0.15, 0.2) is 0 Å². The van der Waals surface area contributed by atoms with Crippen LogP contribution in [0.3, 0.4) is 0 Å². The minimum absolute atomic E-state index is 0.717. The van der Waals surface area contributed by atoms with E-state index in [0.717, 1.165) is 30.6 Å². The molecule has 1 fully saturated rings. The van der Waals surface area contributed by atoms with Crippen LogP contribution < -0.4 is 10.2 Å². The standard InChI is InChI=1S/C18H23N3/c1-3-21(17-11-7-14(2)8-12-17)18-6-4-5-16(20-18)13-19-15-9-10-15/h4-8,11-12,15,19H,3,9-10,13H2,1-2H3. The van der Waals surface area contributed by atoms with E-state index in [9.17, 15) is 0 Å². The molecule has 0 atom stereocenters. The summed E-state index contributed by atoms with van der Waals surface area (Å²) in [7, 11) is 0. The van der Waals surface area contributed by atoms with E-state index in [2.05, 4.69) is 66.5 Å². The summed E-state index contributed by atoms with van der Waals surface area (Å²) in [4.78, 5) is 7.06. The highest BCUT2D eigenvalue weighted by atomic mass is 15.2. The first-order chi connectivity index (χ1) is 10.3. The van der Waals surface area contributed by atoms with Gasteiger partial charge in [0.05, 0.1) is 5.69 Å². The largest absolute Gasteiger partial charge is 0.327 e. The number of aryl methyl sites for hydroxylation is 1. The van der Waals surface area contributed by atoms with Crippen LogP contribution in [0.25, 0.3) is 0 Å². The van der Waals surface area contributed by atoms with E-state index < -0.39 is 0 Å². The molecular formula is C18H23N3. The topological polar surface area (TPSA) is 28.2 Å². The lowest BCUT2D eigenvalue weighted by molar-refractivity contribution is 0.674. The van der Waals surface area contributed by atoms with Gasteiger partial charge in [0.25, 0.3) is 0 Å². The highest BCUT2D eigenvalue weighted by Gasteiger charge is 2.20. The summed E-state index contributed by atoms with van der Waals surface area (Å²) in [5.41, 5.74) is 3.60. The van der Waals surface area contributed by atoms with Crippen molar-refractivity contribution in [2.24, 2.45) is 0 Å². The lowest BCUT2D eigenvalue weighted by atomic mass is 10.2. The number of nitrogens with one attached hydrogen (secondary N) is 1. The molecule has 0 amide bonds. The maximum Gasteiger partial charge on any atom is 0.133 e. The molecule has 2 aromatic rings. The minimum Gasteiger partial charge on any atom is -0.327 e. The summed E-state index contributed by atoms with van der Waals surface area (Å²) in [6.45, 7) is 6.05. The number of anilines is 2. The maximum atomic E-state index is 4.81. The van der Waals surface area contributed by atoms with Crippen LogP contribution in [0.1, 0.15) is 31.0 Å². The van der Waals surface area contributed by atoms with Gasteiger partial charge in [-0.25, -0.2) is 4.98 Å². The number of hydrogen-bond acceptors (Lipinski definition) is 3. The van der Waals surface area contributed by atoms with E-state index in [-0.39, 0.29) is 0 Å². The quantitative estimate of drug-likeness (QED) is 0.873. The van der Waals surface area contributed by atoms with E-state index in [1.54, 1.807) is 0 Å². The van der Waals surface area contributed by atoms with Gasteiger partial charge in [-0.05, 0) is 51.0 Å². The van der Waals surface area contributed by atoms with Crippen LogP contribution in [0, 0.1) is 6.92 Å². The Morgan fingerprint density at radius 1 is 1.14 bits per heavy atom. The Morgan fingerprint density at radius 3 is 2.57 bits per heavy atom. The van der Waals surface area contributed by atoms with Crippen LogP contribution in [0.2, 0.25) is 0 Å². The molecular weight excluding hydrogens is 258 g/mol. The van der Waals surface area contributed by atoms with Crippen LogP contribution in [0.4, 0.5) is 11.5 Å². The van der Waals surface area contributed by atoms with Gasteiger partial charge in [-0.15, -0.1) is 0 Å². The smallest absolute Gasteiger partial charge is 0.133 e. The van der Waals surface area contributed by atoms with Crippen molar-refractivity contribution in [3.05, 3.63) is 53.7 Å². The molecule has 0 aliphatic heterocycles. The second kappa shape index (κ2) is 6.27. The summed E-state index contributed by atoms with van der Waals surface area (Å²) >= 11 is 0. The van der Waals surface area contributed by atoms with Crippen molar-refractivity contribution in [3.8, 4) is 0 Å². The molecule has 110 valence electrons. The molecule has 0 spiro atoms. The van der Waals surface area contributed by atoms with Gasteiger partial charge in [-0.3, -0.25) is 0 Å². The third kappa shape index (κ3) is 3.61. The molecule has 1 heterocycles. The van der Waals surface area contributed by atoms with Crippen LogP contribution >= 0.6 is 0 Å². The lowest BCUT2D eigenvalue weighted by Gasteiger charge is -2.23. The summed E-state index contributed by atoms with van der Waals surface area (Å²) in [6, 6.07) is 15.6. The Morgan fingerprint density at radius 2 is 1.90 bits per heavy atom. The van der Waals surface area contributed by atoms with Crippen molar-refractivity contribution in [3.63, 3.8) is 0 Å². The molecule has 1 aliphatic rings. The van der Waals surface area contributed by atoms with Crippen LogP contribution in [-0.2, 0) is 6.54 Å². The molecule has 0 unspecified atom stereocenters. The fourth-order valence-electron chi connectivity index (χ4n) is 2.45. The minimum atomic E-state index is 0.717. The van der Waals surface area contributed by atoms with E-state index in [1.807, 2.05) is 0 Å². The zero-order valence-electron chi connectivity index (χ0n) is 12.8. The van der Waals surface area contributed by atoms with Crippen LogP contribution in [-0.4, -0.2) is 17.6 Å². The summed E-state index contributed by atoms with van der Waals surface area (Å²) < 4.78 is 0. The zero-order valence-corrected chi connectivity index (χ0v) is 12.8. The number of rotatable bonds is 6. The average molecular weight is 281 g/mol. The van der Waals surface area contributed by atoms with Gasteiger partial charge in [0, 0.05) is 24.8 Å². The first kappa shape index (κ1) is 14.1. The van der Waals surface area contributed by atoms with Crippen LogP contribution in [0.15, 0.2) is 42.5 Å². The van der Waals surface area contributed by atoms with E-state index >= 15 is 0 Å². The number of benzene rings is 1. The van der Waals surface area contributed by atoms with E-state index in [0.29, 0.717) is 0 Å². The predicted molar refractivity (Wildman–Crippen MR) is 88.0 cm³/mol. The normalized spacial score (nSPS) is 14.2. The zero-order chi connectivity index (χ0) is 14.7. The molecule has 3 rings (SSSR count). The van der Waals surface area contributed by atoms with Crippen molar-refractivity contribution >= 4 is 11.5 Å². The Balaban J connectivity index is 1.78. The van der Waals surface area contributed by atoms with Gasteiger partial charge in [-0.1, -0.05) is 23.8 Å². The Bertz CT molecular complexity index is 588. The van der Waals surface area contributed by atoms with Crippen molar-refractivity contribution < 1.29 is 0 Å². The van der Waals surface area contributed by atoms with Crippen molar-refractivity contribution in [2.45, 2.75) is 39.3 Å². The molecule has 0 bridgehead atoms. The monoisotopic (exact) mass is 281 g/mol. The van der Waals surface area contributed by atoms with Gasteiger partial charge in [-0.2, -0.15) is 0 Å². The maximum absolute atomic E-state index is 4.81. The average Bonchev–Trinajstić information content (AvgIpc) is 3.33. The van der Waals surface area contributed by atoms with Crippen molar-refractivity contribution in [1.29, 1.82) is 0 Å². The van der Waals surface area contributed by atoms with Crippen molar-refractivity contribution in [2.75, 3.05) is 11.4 Å². The number of aromatic nitrogens is 1. The number of nitrogens with zero attached hydrogens (tertiary/aromatic N) is 2. The molecule has 1 saturated carbocycles. The molecule has 1 N–H and O–H groups in total. The molecule has 1 aromatic heterocycles. The summed E-state index contributed by atoms with van der Waals surface area (Å²) in [6.07, 6.45) is 2.62. The summed E-state index contributed by atoms with van der Waals surface area (Å²) in [5.74, 6) is 1.02. The lowest BCUT2D eigenvalue weighted by Crippen LogP contribution is -2.20. The van der Waals surface area contributed by atoms with Gasteiger partial charge in [0.1, 0.15) is 5.82 Å². The first-order valence-corrected chi connectivity index (χ1v) is 7.80. The molecule has 0 radical (unpaired) electrons. The molecule has 1 aliphatic carbocycles. The van der Waals surface area contributed by atoms with Crippen molar-refractivity contribution in [1.82, 2.24) is 10.3 Å². The van der Waals surface area contributed by atoms with Crippen LogP contribution in [0.5, 0.6) is 0 Å². The SMILES string of the molecule is CCN(c1ccc(C)cc1)c1cccc(CNC2CC2)n1. The Hall–Kier alpha value is -1.87. The third-order valence-electron chi connectivity index (χ3n) is 3.88. The highest BCUT2D eigenvalue weighted by Crippen LogP contribution is 2.24.